The lowest BCUT2D eigenvalue weighted by Crippen LogP contribution is -2.30. The highest BCUT2D eigenvalue weighted by Crippen LogP contribution is 2.31. The van der Waals surface area contributed by atoms with Crippen molar-refractivity contribution in [2.24, 2.45) is 0 Å². The second-order valence-corrected chi connectivity index (χ2v) is 3.07. The predicted molar refractivity (Wildman–Crippen MR) is 47.0 cm³/mol. The van der Waals surface area contributed by atoms with Crippen molar-refractivity contribution in [1.29, 1.82) is 5.26 Å². The van der Waals surface area contributed by atoms with Crippen LogP contribution in [0.3, 0.4) is 0 Å². The van der Waals surface area contributed by atoms with E-state index in [2.05, 4.69) is 0 Å². The van der Waals surface area contributed by atoms with E-state index in [0.29, 0.717) is 6.08 Å². The number of hydrogen-bond donors (Lipinski definition) is 1. The third kappa shape index (κ3) is 2.53. The lowest BCUT2D eigenvalue weighted by Gasteiger charge is -2.24. The molecule has 0 bridgehead atoms. The van der Waals surface area contributed by atoms with E-state index in [9.17, 15) is 18.0 Å². The normalized spacial score (nSPS) is 16.2. The molecule has 16 heavy (non-hydrogen) atoms. The Hall–Kier alpha value is -1.97. The Morgan fingerprint density at radius 3 is 2.69 bits per heavy atom. The lowest BCUT2D eigenvalue weighted by molar-refractivity contribution is -0.134. The van der Waals surface area contributed by atoms with Gasteiger partial charge in [0.05, 0.1) is 23.8 Å². The molecule has 7 heteroatoms. The first-order valence-electron chi connectivity index (χ1n) is 4.19. The van der Waals surface area contributed by atoms with E-state index >= 15 is 0 Å². The van der Waals surface area contributed by atoms with Crippen molar-refractivity contribution in [2.75, 3.05) is 13.1 Å². The summed E-state index contributed by atoms with van der Waals surface area (Å²) in [4.78, 5) is 11.9. The summed E-state index contributed by atoms with van der Waals surface area (Å²) in [7, 11) is 0. The largest absolute Gasteiger partial charge is 0.478 e. The number of alkyl halides is 3. The lowest BCUT2D eigenvalue weighted by atomic mass is 10.0. The number of carboxylic acid groups (broad SMARTS) is 1. The van der Waals surface area contributed by atoms with Gasteiger partial charge in [0.25, 0.3) is 0 Å². The molecule has 86 valence electrons. The summed E-state index contributed by atoms with van der Waals surface area (Å²) in [6.07, 6.45) is -2.95. The van der Waals surface area contributed by atoms with Gasteiger partial charge in [-0.15, -0.1) is 0 Å². The van der Waals surface area contributed by atoms with Crippen LogP contribution in [0.5, 0.6) is 0 Å². The number of halogens is 3. The van der Waals surface area contributed by atoms with Gasteiger partial charge in [-0.1, -0.05) is 0 Å². The Kier molecular flexibility index (Phi) is 3.22. The number of nitrogens with zero attached hydrogens (tertiary/aromatic N) is 2. The summed E-state index contributed by atoms with van der Waals surface area (Å²) in [5, 5.41) is 17.0. The highest BCUT2D eigenvalue weighted by molar-refractivity contribution is 5.89. The molecule has 0 aromatic rings. The average Bonchev–Trinajstić information content (AvgIpc) is 2.16. The molecule has 0 aromatic heterocycles. The Morgan fingerprint density at radius 2 is 2.25 bits per heavy atom. The third-order valence-electron chi connectivity index (χ3n) is 1.98. The number of allylic oxidation sites excluding steroid dienone is 2. The second-order valence-electron chi connectivity index (χ2n) is 3.07. The van der Waals surface area contributed by atoms with Gasteiger partial charge in [-0.2, -0.15) is 18.4 Å². The molecule has 0 saturated carbocycles. The van der Waals surface area contributed by atoms with E-state index in [-0.39, 0.29) is 6.54 Å². The first kappa shape index (κ1) is 12.1. The molecule has 1 aliphatic rings. The fourth-order valence-corrected chi connectivity index (χ4v) is 1.27. The van der Waals surface area contributed by atoms with Crippen LogP contribution in [0.4, 0.5) is 13.2 Å². The maximum atomic E-state index is 12.4. The Balaban J connectivity index is 3.06. The third-order valence-corrected chi connectivity index (χ3v) is 1.98. The molecule has 0 aromatic carbocycles. The highest BCUT2D eigenvalue weighted by Gasteiger charge is 2.38. The van der Waals surface area contributed by atoms with Crippen LogP contribution in [0.25, 0.3) is 0 Å². The SMILES string of the molecule is N#CCN1C=CC(C(F)(F)F)=C(C(=O)O)C1. The topological polar surface area (TPSA) is 64.3 Å². The standard InChI is InChI=1S/C9H7F3N2O2/c10-9(11,12)7-1-3-14(4-2-13)5-6(7)8(15)16/h1,3H,4-5H2,(H,15,16). The van der Waals surface area contributed by atoms with Crippen molar-refractivity contribution in [3.63, 3.8) is 0 Å². The number of nitriles is 1. The molecular weight excluding hydrogens is 225 g/mol. The summed E-state index contributed by atoms with van der Waals surface area (Å²) in [5.41, 5.74) is -1.92. The van der Waals surface area contributed by atoms with Crippen LogP contribution in [-0.2, 0) is 4.79 Å². The van der Waals surface area contributed by atoms with Gasteiger partial charge in [0.2, 0.25) is 0 Å². The van der Waals surface area contributed by atoms with Gasteiger partial charge in [0.1, 0.15) is 6.54 Å². The Labute approximate surface area is 88.9 Å². The van der Waals surface area contributed by atoms with Crippen molar-refractivity contribution >= 4 is 5.97 Å². The van der Waals surface area contributed by atoms with Gasteiger partial charge in [-0.25, -0.2) is 4.79 Å². The molecule has 0 unspecified atom stereocenters. The first-order chi connectivity index (χ1) is 7.36. The van der Waals surface area contributed by atoms with Crippen molar-refractivity contribution in [2.45, 2.75) is 6.18 Å². The van der Waals surface area contributed by atoms with Crippen LogP contribution in [0.1, 0.15) is 0 Å². The zero-order chi connectivity index (χ0) is 12.3. The number of rotatable bonds is 2. The first-order valence-corrected chi connectivity index (χ1v) is 4.19. The smallest absolute Gasteiger partial charge is 0.417 e. The average molecular weight is 232 g/mol. The molecule has 4 nitrogen and oxygen atoms in total. The highest BCUT2D eigenvalue weighted by atomic mass is 19.4. The van der Waals surface area contributed by atoms with Gasteiger partial charge in [-0.3, -0.25) is 0 Å². The molecule has 1 aliphatic heterocycles. The maximum absolute atomic E-state index is 12.4. The van der Waals surface area contributed by atoms with Gasteiger partial charge < -0.3 is 10.0 Å². The monoisotopic (exact) mass is 232 g/mol. The summed E-state index contributed by atoms with van der Waals surface area (Å²) >= 11 is 0. The number of aliphatic carboxylic acids is 1. The van der Waals surface area contributed by atoms with Gasteiger partial charge in [0.15, 0.2) is 0 Å². The maximum Gasteiger partial charge on any atom is 0.417 e. The van der Waals surface area contributed by atoms with Crippen LogP contribution >= 0.6 is 0 Å². The van der Waals surface area contributed by atoms with Crippen molar-refractivity contribution in [3.05, 3.63) is 23.4 Å². The number of carboxylic acids is 1. The van der Waals surface area contributed by atoms with Gasteiger partial charge in [0, 0.05) is 6.20 Å². The molecule has 0 aliphatic carbocycles. The molecular formula is C9H7F3N2O2. The molecule has 1 rings (SSSR count). The summed E-state index contributed by atoms with van der Waals surface area (Å²) in [5.74, 6) is -1.63. The van der Waals surface area contributed by atoms with E-state index < -0.39 is 29.8 Å². The minimum Gasteiger partial charge on any atom is -0.478 e. The van der Waals surface area contributed by atoms with Gasteiger partial charge in [-0.05, 0) is 6.08 Å². The molecule has 0 saturated heterocycles. The summed E-state index contributed by atoms with van der Waals surface area (Å²) in [6.45, 7) is -0.577. The zero-order valence-corrected chi connectivity index (χ0v) is 7.95. The van der Waals surface area contributed by atoms with Crippen LogP contribution in [0.15, 0.2) is 23.4 Å². The van der Waals surface area contributed by atoms with Crippen molar-refractivity contribution in [3.8, 4) is 6.07 Å². The fourth-order valence-electron chi connectivity index (χ4n) is 1.27. The van der Waals surface area contributed by atoms with Crippen LogP contribution in [-0.4, -0.2) is 35.2 Å². The van der Waals surface area contributed by atoms with Crippen LogP contribution < -0.4 is 0 Å². The second kappa shape index (κ2) is 4.26. The van der Waals surface area contributed by atoms with E-state index in [1.165, 1.54) is 4.90 Å². The molecule has 1 N–H and O–H groups in total. The summed E-state index contributed by atoms with van der Waals surface area (Å²) in [6, 6.07) is 1.73. The molecule has 0 atom stereocenters. The van der Waals surface area contributed by atoms with Crippen molar-refractivity contribution < 1.29 is 23.1 Å². The molecule has 0 spiro atoms. The molecule has 0 fully saturated rings. The zero-order valence-electron chi connectivity index (χ0n) is 7.95. The fraction of sp³-hybridized carbons (Fsp3) is 0.333. The Bertz CT molecular complexity index is 404. The van der Waals surface area contributed by atoms with E-state index in [4.69, 9.17) is 10.4 Å². The molecule has 1 heterocycles. The number of hydrogen-bond acceptors (Lipinski definition) is 3. The summed E-state index contributed by atoms with van der Waals surface area (Å²) < 4.78 is 37.2. The van der Waals surface area contributed by atoms with E-state index in [1.807, 2.05) is 0 Å². The van der Waals surface area contributed by atoms with Crippen molar-refractivity contribution in [1.82, 2.24) is 4.90 Å². The van der Waals surface area contributed by atoms with Gasteiger partial charge >= 0.3 is 12.1 Å². The molecule has 0 radical (unpaired) electrons. The quantitative estimate of drug-likeness (QED) is 0.728. The minimum atomic E-state index is -4.69. The minimum absolute atomic E-state index is 0.154. The predicted octanol–water partition coefficient (Wildman–Crippen LogP) is 1.28. The van der Waals surface area contributed by atoms with Crippen LogP contribution in [0, 0.1) is 11.3 Å². The Morgan fingerprint density at radius 1 is 1.62 bits per heavy atom. The number of carbonyl (C=O) groups is 1. The van der Waals surface area contributed by atoms with E-state index in [0.717, 1.165) is 6.20 Å². The van der Waals surface area contributed by atoms with Crippen LogP contribution in [0.2, 0.25) is 0 Å². The van der Waals surface area contributed by atoms with E-state index in [1.54, 1.807) is 6.07 Å². The molecule has 0 amide bonds.